The molecule has 2 aliphatic rings. The lowest BCUT2D eigenvalue weighted by Gasteiger charge is -2.44. The van der Waals surface area contributed by atoms with Gasteiger partial charge in [-0.1, -0.05) is 45.0 Å². The maximum atomic E-state index is 14.4. The number of ether oxygens (including phenoxy) is 5. The Bertz CT molecular complexity index is 1790. The number of benzene rings is 1. The highest BCUT2D eigenvalue weighted by Crippen LogP contribution is 2.40. The van der Waals surface area contributed by atoms with Crippen LogP contribution in [0.1, 0.15) is 94.4 Å². The summed E-state index contributed by atoms with van der Waals surface area (Å²) in [6.07, 6.45) is -0.977. The van der Waals surface area contributed by atoms with Gasteiger partial charge in [0.2, 0.25) is 5.91 Å². The predicted octanol–water partition coefficient (Wildman–Crippen LogP) is 4.45. The van der Waals surface area contributed by atoms with Crippen molar-refractivity contribution >= 4 is 29.4 Å². The van der Waals surface area contributed by atoms with Gasteiger partial charge in [0.05, 0.1) is 30.0 Å². The molecule has 0 bridgehead atoms. The molecule has 17 heteroatoms. The molecule has 0 spiro atoms. The summed E-state index contributed by atoms with van der Waals surface area (Å²) in [4.78, 5) is 60.0. The second-order valence-electron chi connectivity index (χ2n) is 17.4. The Hall–Kier alpha value is -4.16. The van der Waals surface area contributed by atoms with E-state index < -0.39 is 83.5 Å². The average molecular weight is 858 g/mol. The molecule has 0 aliphatic carbocycles. The third kappa shape index (κ3) is 11.3. The van der Waals surface area contributed by atoms with E-state index in [1.165, 1.54) is 14.0 Å². The highest BCUT2D eigenvalue weighted by Gasteiger charge is 2.59. The molecule has 0 radical (unpaired) electrons. The van der Waals surface area contributed by atoms with Crippen LogP contribution in [0.4, 0.5) is 10.5 Å². The number of amides is 2. The van der Waals surface area contributed by atoms with E-state index in [-0.39, 0.29) is 37.9 Å². The molecular formula is C44H71N7O10. The number of anilines is 1. The third-order valence-corrected chi connectivity index (χ3v) is 12.6. The Labute approximate surface area is 361 Å². The molecule has 61 heavy (non-hydrogen) atoms. The minimum atomic E-state index is -1.40. The third-order valence-electron chi connectivity index (χ3n) is 12.6. The molecule has 2 saturated heterocycles. The number of aryl methyl sites for hydroxylation is 1. The number of aliphatic hydroxyl groups excluding tert-OH is 1. The lowest BCUT2D eigenvalue weighted by atomic mass is 9.78. The Morgan fingerprint density at radius 2 is 1.75 bits per heavy atom. The highest BCUT2D eigenvalue weighted by molar-refractivity contribution is 6.00. The van der Waals surface area contributed by atoms with Crippen LogP contribution in [0.3, 0.4) is 0 Å². The number of fused-ring (bicyclic) bond motifs is 1. The van der Waals surface area contributed by atoms with Gasteiger partial charge in [0.15, 0.2) is 17.7 Å². The molecular weight excluding hydrogens is 787 g/mol. The quantitative estimate of drug-likeness (QED) is 0.0701. The topological polar surface area (TPSA) is 210 Å². The number of methoxy groups -OCH3 is 1. The van der Waals surface area contributed by atoms with Gasteiger partial charge in [0, 0.05) is 55.9 Å². The number of likely N-dealkylation sites (N-methyl/N-ethyl adjacent to an activating group) is 1. The van der Waals surface area contributed by atoms with Crippen molar-refractivity contribution in [3.63, 3.8) is 0 Å². The first-order valence-corrected chi connectivity index (χ1v) is 21.7. The number of aromatic nitrogens is 3. The number of rotatable bonds is 16. The fourth-order valence-electron chi connectivity index (χ4n) is 9.16. The molecule has 3 heterocycles. The van der Waals surface area contributed by atoms with Crippen molar-refractivity contribution in [2.24, 2.45) is 17.8 Å². The van der Waals surface area contributed by atoms with Gasteiger partial charge in [-0.3, -0.25) is 24.0 Å². The normalized spacial score (nSPS) is 30.8. The predicted molar refractivity (Wildman–Crippen MR) is 229 cm³/mol. The van der Waals surface area contributed by atoms with Gasteiger partial charge >= 0.3 is 12.1 Å². The van der Waals surface area contributed by atoms with E-state index in [0.717, 1.165) is 5.56 Å². The Morgan fingerprint density at radius 1 is 1.07 bits per heavy atom. The van der Waals surface area contributed by atoms with Gasteiger partial charge in [-0.2, -0.15) is 0 Å². The zero-order chi connectivity index (χ0) is 45.4. The lowest BCUT2D eigenvalue weighted by molar-refractivity contribution is -0.265. The number of ketones is 1. The summed E-state index contributed by atoms with van der Waals surface area (Å²) in [5.41, 5.74) is 5.43. The Morgan fingerprint density at radius 3 is 2.36 bits per heavy atom. The number of esters is 1. The zero-order valence-electron chi connectivity index (χ0n) is 38.3. The summed E-state index contributed by atoms with van der Waals surface area (Å²) in [6.45, 7) is 16.7. The second-order valence-corrected chi connectivity index (χ2v) is 17.4. The first-order valence-electron chi connectivity index (χ1n) is 21.7. The van der Waals surface area contributed by atoms with E-state index >= 15 is 0 Å². The minimum Gasteiger partial charge on any atom is -0.458 e. The summed E-state index contributed by atoms with van der Waals surface area (Å²) in [5, 5.41) is 23.3. The van der Waals surface area contributed by atoms with Crippen LogP contribution in [0, 0.1) is 17.8 Å². The summed E-state index contributed by atoms with van der Waals surface area (Å²) < 4.78 is 32.8. The number of aliphatic hydroxyl groups is 1. The molecule has 2 fully saturated rings. The zero-order valence-corrected chi connectivity index (χ0v) is 38.3. The number of hydrogen-bond acceptors (Lipinski definition) is 14. The first kappa shape index (κ1) is 49.5. The molecule has 12 atom stereocenters. The van der Waals surface area contributed by atoms with Gasteiger partial charge in [0.25, 0.3) is 0 Å². The number of nitrogen functional groups attached to an aromatic ring is 1. The standard InChI is InChI=1S/C44H71N7O10/c1-13-33(49(10)11)36(53)41(58-15-3)60-38-27(5)35(52)28(6)40(55)59-34(14-2)44(9)37(29(7)46-39(54)26(4)24-43(38,8)57-12)51(42(56)61-44)22-17-16-21-50-25-32(47-48-50)30-19-18-20-31(45)23-30/h18-20,23,25-29,33-34,36-38,41,53H,13-17,21-22,24,45H2,1-12H3,(H,46,54)/t26-,27+,28-,29-,33?,34-,36?,37-,38-,41+,43-,44-/m1/s1. The van der Waals surface area contributed by atoms with Crippen LogP contribution < -0.4 is 11.1 Å². The maximum Gasteiger partial charge on any atom is 0.410 e. The van der Waals surface area contributed by atoms with Crippen LogP contribution in [0.2, 0.25) is 0 Å². The molecule has 1 aromatic heterocycles. The molecule has 2 aliphatic heterocycles. The van der Waals surface area contributed by atoms with E-state index in [0.29, 0.717) is 37.2 Å². The highest BCUT2D eigenvalue weighted by atomic mass is 16.7. The number of nitrogens with two attached hydrogens (primary N) is 1. The van der Waals surface area contributed by atoms with Crippen molar-refractivity contribution in [1.29, 1.82) is 0 Å². The fraction of sp³-hybridized carbons (Fsp3) is 0.727. The molecule has 1 aromatic carbocycles. The molecule has 17 nitrogen and oxygen atoms in total. The minimum absolute atomic E-state index is 0.0866. The van der Waals surface area contributed by atoms with E-state index in [9.17, 15) is 24.3 Å². The van der Waals surface area contributed by atoms with Gasteiger partial charge in [-0.25, -0.2) is 4.79 Å². The van der Waals surface area contributed by atoms with Gasteiger partial charge in [-0.05, 0) is 93.0 Å². The SMILES string of the molecule is CCO[C@@H](O[C@@H]1[C@@H](C)C(=O)[C@@H](C)C(=O)O[C@H](CC)[C@@]2(C)OC(=O)N(CCCCn3cc(-c4cccc(N)c4)nn3)[C@@H]2[C@@H](C)NC(=O)[C@H](C)C[C@@]1(C)OC)C(O)C(CC)N(C)C. The molecule has 4 rings (SSSR count). The van der Waals surface area contributed by atoms with E-state index in [2.05, 4.69) is 15.6 Å². The number of nitrogens with one attached hydrogen (secondary N) is 1. The van der Waals surface area contributed by atoms with E-state index in [4.69, 9.17) is 29.4 Å². The average Bonchev–Trinajstić information content (AvgIpc) is 3.80. The number of hydrogen-bond donors (Lipinski definition) is 3. The molecule has 0 saturated carbocycles. The number of carbonyl (C=O) groups excluding carboxylic acids is 4. The second kappa shape index (κ2) is 21.3. The summed E-state index contributed by atoms with van der Waals surface area (Å²) in [5.74, 6) is -4.56. The fourth-order valence-corrected chi connectivity index (χ4v) is 9.16. The number of cyclic esters (lactones) is 1. The van der Waals surface area contributed by atoms with E-state index in [1.54, 1.807) is 57.2 Å². The van der Waals surface area contributed by atoms with Crippen LogP contribution in [0.15, 0.2) is 30.5 Å². The first-order chi connectivity index (χ1) is 28.8. The van der Waals surface area contributed by atoms with Crippen LogP contribution in [0.5, 0.6) is 0 Å². The summed E-state index contributed by atoms with van der Waals surface area (Å²) >= 11 is 0. The van der Waals surface area contributed by atoms with Crippen LogP contribution in [0.25, 0.3) is 11.3 Å². The number of Topliss-reactive ketones (excluding diaryl/α,β-unsaturated/α-hetero) is 1. The van der Waals surface area contributed by atoms with Crippen molar-refractivity contribution in [3.05, 3.63) is 30.5 Å². The van der Waals surface area contributed by atoms with Crippen molar-refractivity contribution < 1.29 is 48.0 Å². The number of unbranched alkanes of at least 4 members (excludes halogenated alkanes) is 1. The van der Waals surface area contributed by atoms with Gasteiger partial charge in [0.1, 0.15) is 23.8 Å². The van der Waals surface area contributed by atoms with E-state index in [1.807, 2.05) is 57.2 Å². The van der Waals surface area contributed by atoms with Crippen LogP contribution >= 0.6 is 0 Å². The van der Waals surface area contributed by atoms with Crippen molar-refractivity contribution in [2.45, 2.75) is 155 Å². The van der Waals surface area contributed by atoms with Crippen molar-refractivity contribution in [2.75, 3.05) is 40.1 Å². The Kier molecular flexibility index (Phi) is 17.3. The maximum absolute atomic E-state index is 14.4. The lowest BCUT2D eigenvalue weighted by Crippen LogP contribution is -2.61. The molecule has 342 valence electrons. The summed E-state index contributed by atoms with van der Waals surface area (Å²) in [6, 6.07) is 5.63. The smallest absolute Gasteiger partial charge is 0.410 e. The Balaban J connectivity index is 1.65. The van der Waals surface area contributed by atoms with Crippen molar-refractivity contribution in [1.82, 2.24) is 30.1 Å². The molecule has 2 unspecified atom stereocenters. The largest absolute Gasteiger partial charge is 0.458 e. The number of carbonyl (C=O) groups is 4. The number of nitrogens with zero attached hydrogens (tertiary/aromatic N) is 5. The molecule has 2 aromatic rings. The summed E-state index contributed by atoms with van der Waals surface area (Å²) in [7, 11) is 5.18. The van der Waals surface area contributed by atoms with Crippen LogP contribution in [-0.2, 0) is 44.6 Å². The molecule has 4 N–H and O–H groups in total. The molecule has 2 amide bonds. The van der Waals surface area contributed by atoms with Gasteiger partial charge in [-0.15, -0.1) is 5.10 Å². The monoisotopic (exact) mass is 858 g/mol. The van der Waals surface area contributed by atoms with Gasteiger partial charge < -0.3 is 44.7 Å². The van der Waals surface area contributed by atoms with Crippen LogP contribution in [-0.4, -0.2) is 142 Å². The van der Waals surface area contributed by atoms with Crippen molar-refractivity contribution in [3.8, 4) is 11.3 Å².